The summed E-state index contributed by atoms with van der Waals surface area (Å²) >= 11 is 0. The van der Waals surface area contributed by atoms with Crippen molar-refractivity contribution in [2.75, 3.05) is 6.61 Å². The lowest BCUT2D eigenvalue weighted by atomic mass is 10.1. The molecule has 2 rings (SSSR count). The summed E-state index contributed by atoms with van der Waals surface area (Å²) in [6.07, 6.45) is -1.10. The van der Waals surface area contributed by atoms with E-state index in [0.717, 1.165) is 18.6 Å². The fourth-order valence-electron chi connectivity index (χ4n) is 1.72. The lowest BCUT2D eigenvalue weighted by Crippen LogP contribution is -2.09. The Morgan fingerprint density at radius 3 is 2.61 bits per heavy atom. The van der Waals surface area contributed by atoms with Crippen LogP contribution < -0.4 is 4.74 Å². The van der Waals surface area contributed by atoms with E-state index < -0.39 is 11.7 Å². The molecule has 0 aliphatic heterocycles. The summed E-state index contributed by atoms with van der Waals surface area (Å²) < 4.78 is 43.3. The molecule has 98 valence electrons. The van der Waals surface area contributed by atoms with E-state index in [4.69, 9.17) is 4.74 Å². The molecule has 1 aromatic carbocycles. The monoisotopic (exact) mass is 258 g/mol. The molecule has 18 heavy (non-hydrogen) atoms. The van der Waals surface area contributed by atoms with E-state index in [0.29, 0.717) is 12.5 Å². The third-order valence-electron chi connectivity index (χ3n) is 2.95. The molecule has 0 amide bonds. The zero-order valence-electron chi connectivity index (χ0n) is 9.67. The third kappa shape index (κ3) is 3.24. The summed E-state index contributed by atoms with van der Waals surface area (Å²) in [4.78, 5) is 10.6. The van der Waals surface area contributed by atoms with Crippen LogP contribution in [0.2, 0.25) is 0 Å². The molecule has 1 aromatic rings. The fourth-order valence-corrected chi connectivity index (χ4v) is 1.72. The number of carbonyl (C=O) groups is 1. The number of hydrogen-bond acceptors (Lipinski definition) is 2. The second kappa shape index (κ2) is 5.00. The average Bonchev–Trinajstić information content (AvgIpc) is 3.12. The second-order valence-electron chi connectivity index (χ2n) is 4.45. The number of alkyl halides is 3. The SMILES string of the molecule is O=Cc1ccc(OCCC2CC2)cc1C(F)(F)F. The fraction of sp³-hybridized carbons (Fsp3) is 0.462. The summed E-state index contributed by atoms with van der Waals surface area (Å²) in [5.41, 5.74) is -1.31. The van der Waals surface area contributed by atoms with Crippen LogP contribution in [0.15, 0.2) is 18.2 Å². The Bertz CT molecular complexity index is 436. The maximum absolute atomic E-state index is 12.7. The highest BCUT2D eigenvalue weighted by Crippen LogP contribution is 2.35. The minimum atomic E-state index is -4.54. The second-order valence-corrected chi connectivity index (χ2v) is 4.45. The van der Waals surface area contributed by atoms with Gasteiger partial charge >= 0.3 is 6.18 Å². The summed E-state index contributed by atoms with van der Waals surface area (Å²) in [6, 6.07) is 3.42. The van der Waals surface area contributed by atoms with Crippen molar-refractivity contribution in [3.05, 3.63) is 29.3 Å². The topological polar surface area (TPSA) is 26.3 Å². The van der Waals surface area contributed by atoms with Gasteiger partial charge in [0.25, 0.3) is 0 Å². The van der Waals surface area contributed by atoms with Crippen LogP contribution >= 0.6 is 0 Å². The maximum atomic E-state index is 12.7. The molecule has 1 saturated carbocycles. The Labute approximate surface area is 103 Å². The highest BCUT2D eigenvalue weighted by atomic mass is 19.4. The minimum Gasteiger partial charge on any atom is -0.494 e. The molecule has 0 N–H and O–H groups in total. The Kier molecular flexibility index (Phi) is 3.59. The largest absolute Gasteiger partial charge is 0.494 e. The zero-order chi connectivity index (χ0) is 13.2. The van der Waals surface area contributed by atoms with E-state index in [1.807, 2.05) is 0 Å². The zero-order valence-corrected chi connectivity index (χ0v) is 9.67. The molecular weight excluding hydrogens is 245 g/mol. The number of carbonyl (C=O) groups excluding carboxylic acids is 1. The first-order valence-corrected chi connectivity index (χ1v) is 5.80. The molecule has 1 fully saturated rings. The van der Waals surface area contributed by atoms with Gasteiger partial charge in [-0.3, -0.25) is 4.79 Å². The highest BCUT2D eigenvalue weighted by Gasteiger charge is 2.33. The van der Waals surface area contributed by atoms with Crippen LogP contribution in [0.3, 0.4) is 0 Å². The van der Waals surface area contributed by atoms with Crippen LogP contribution in [0.4, 0.5) is 13.2 Å². The predicted octanol–water partition coefficient (Wildman–Crippen LogP) is 3.70. The molecule has 0 spiro atoms. The van der Waals surface area contributed by atoms with Gasteiger partial charge in [0, 0.05) is 5.56 Å². The maximum Gasteiger partial charge on any atom is 0.417 e. The molecular formula is C13H13F3O2. The van der Waals surface area contributed by atoms with Crippen LogP contribution in [0.25, 0.3) is 0 Å². The van der Waals surface area contributed by atoms with Crippen LogP contribution in [0, 0.1) is 5.92 Å². The van der Waals surface area contributed by atoms with E-state index in [9.17, 15) is 18.0 Å². The van der Waals surface area contributed by atoms with Crippen molar-refractivity contribution in [2.45, 2.75) is 25.4 Å². The molecule has 0 heterocycles. The van der Waals surface area contributed by atoms with Gasteiger partial charge in [0.05, 0.1) is 12.2 Å². The minimum absolute atomic E-state index is 0.161. The summed E-state index contributed by atoms with van der Waals surface area (Å²) in [5, 5.41) is 0. The van der Waals surface area contributed by atoms with E-state index in [2.05, 4.69) is 0 Å². The molecule has 0 bridgehead atoms. The van der Waals surface area contributed by atoms with Crippen LogP contribution in [0.5, 0.6) is 5.75 Å². The van der Waals surface area contributed by atoms with Crippen molar-refractivity contribution in [1.29, 1.82) is 0 Å². The van der Waals surface area contributed by atoms with Crippen molar-refractivity contribution in [3.8, 4) is 5.75 Å². The number of benzene rings is 1. The van der Waals surface area contributed by atoms with Crippen molar-refractivity contribution in [1.82, 2.24) is 0 Å². The van der Waals surface area contributed by atoms with Gasteiger partial charge < -0.3 is 4.74 Å². The van der Waals surface area contributed by atoms with Gasteiger partial charge in [-0.1, -0.05) is 12.8 Å². The van der Waals surface area contributed by atoms with E-state index in [1.54, 1.807) is 0 Å². The van der Waals surface area contributed by atoms with Gasteiger partial charge in [0.1, 0.15) is 5.75 Å². The smallest absolute Gasteiger partial charge is 0.417 e. The highest BCUT2D eigenvalue weighted by molar-refractivity contribution is 5.78. The molecule has 0 atom stereocenters. The number of hydrogen-bond donors (Lipinski definition) is 0. The van der Waals surface area contributed by atoms with Gasteiger partial charge in [0.15, 0.2) is 6.29 Å². The van der Waals surface area contributed by atoms with Crippen molar-refractivity contribution in [2.24, 2.45) is 5.92 Å². The van der Waals surface area contributed by atoms with Crippen LogP contribution in [-0.2, 0) is 6.18 Å². The first-order chi connectivity index (χ1) is 8.50. The van der Waals surface area contributed by atoms with Crippen molar-refractivity contribution >= 4 is 6.29 Å². The Morgan fingerprint density at radius 2 is 2.06 bits per heavy atom. The molecule has 5 heteroatoms. The molecule has 2 nitrogen and oxygen atoms in total. The quantitative estimate of drug-likeness (QED) is 0.753. The van der Waals surface area contributed by atoms with Crippen LogP contribution in [0.1, 0.15) is 35.2 Å². The van der Waals surface area contributed by atoms with Crippen LogP contribution in [-0.4, -0.2) is 12.9 Å². The Morgan fingerprint density at radius 1 is 1.33 bits per heavy atom. The normalized spacial score (nSPS) is 15.5. The summed E-state index contributed by atoms with van der Waals surface area (Å²) in [5.74, 6) is 0.829. The molecule has 1 aliphatic rings. The Balaban J connectivity index is 2.08. The molecule has 0 aromatic heterocycles. The lowest BCUT2D eigenvalue weighted by Gasteiger charge is -2.12. The van der Waals surface area contributed by atoms with Gasteiger partial charge in [-0.15, -0.1) is 0 Å². The van der Waals surface area contributed by atoms with Gasteiger partial charge in [-0.05, 0) is 30.5 Å². The van der Waals surface area contributed by atoms with Gasteiger partial charge in [0.2, 0.25) is 0 Å². The molecule has 1 aliphatic carbocycles. The van der Waals surface area contributed by atoms with E-state index in [-0.39, 0.29) is 17.6 Å². The summed E-state index contributed by atoms with van der Waals surface area (Å²) in [6.45, 7) is 0.419. The Hall–Kier alpha value is -1.52. The number of ether oxygens (including phenoxy) is 1. The molecule has 0 saturated heterocycles. The number of rotatable bonds is 5. The summed E-state index contributed by atoms with van der Waals surface area (Å²) in [7, 11) is 0. The third-order valence-corrected chi connectivity index (χ3v) is 2.95. The first-order valence-electron chi connectivity index (χ1n) is 5.80. The van der Waals surface area contributed by atoms with E-state index in [1.165, 1.54) is 18.9 Å². The predicted molar refractivity (Wildman–Crippen MR) is 59.7 cm³/mol. The van der Waals surface area contributed by atoms with Gasteiger partial charge in [-0.25, -0.2) is 0 Å². The average molecular weight is 258 g/mol. The first kappa shape index (κ1) is 12.9. The van der Waals surface area contributed by atoms with Gasteiger partial charge in [-0.2, -0.15) is 13.2 Å². The number of halogens is 3. The van der Waals surface area contributed by atoms with Crippen molar-refractivity contribution in [3.63, 3.8) is 0 Å². The molecule has 0 radical (unpaired) electrons. The lowest BCUT2D eigenvalue weighted by molar-refractivity contribution is -0.137. The standard InChI is InChI=1S/C13H13F3O2/c14-13(15,16)12-7-11(4-3-10(12)8-17)18-6-5-9-1-2-9/h3-4,7-9H,1-2,5-6H2. The van der Waals surface area contributed by atoms with Crippen molar-refractivity contribution < 1.29 is 22.7 Å². The number of aldehydes is 1. The molecule has 0 unspecified atom stereocenters. The van der Waals surface area contributed by atoms with E-state index >= 15 is 0 Å².